The summed E-state index contributed by atoms with van der Waals surface area (Å²) in [6.07, 6.45) is 1.51. The second-order valence-corrected chi connectivity index (χ2v) is 3.11. The number of aliphatic hydroxyl groups is 2. The quantitative estimate of drug-likeness (QED) is 0.690. The minimum atomic E-state index is -0.678. The van der Waals surface area contributed by atoms with E-state index in [4.69, 9.17) is 9.84 Å². The van der Waals surface area contributed by atoms with Crippen LogP contribution >= 0.6 is 0 Å². The van der Waals surface area contributed by atoms with E-state index < -0.39 is 12.2 Å². The first kappa shape index (κ1) is 12.9. The Morgan fingerprint density at radius 3 is 2.31 bits per heavy atom. The summed E-state index contributed by atoms with van der Waals surface area (Å²) in [6, 6.07) is 0. The van der Waals surface area contributed by atoms with Gasteiger partial charge in [-0.15, -0.1) is 0 Å². The lowest BCUT2D eigenvalue weighted by atomic mass is 10.0. The molecule has 0 aliphatic carbocycles. The van der Waals surface area contributed by atoms with Crippen molar-refractivity contribution in [1.82, 2.24) is 0 Å². The first-order valence-electron chi connectivity index (χ1n) is 5.21. The first-order chi connectivity index (χ1) is 6.24. The zero-order valence-electron chi connectivity index (χ0n) is 8.86. The molecule has 3 unspecified atom stereocenters. The van der Waals surface area contributed by atoms with Crippen molar-refractivity contribution in [2.75, 3.05) is 6.61 Å². The molecule has 0 aromatic rings. The van der Waals surface area contributed by atoms with Crippen molar-refractivity contribution in [3.05, 3.63) is 0 Å². The maximum Gasteiger partial charge on any atom is 0.103 e. The lowest BCUT2D eigenvalue weighted by Gasteiger charge is -2.30. The van der Waals surface area contributed by atoms with E-state index in [0.29, 0.717) is 6.42 Å². The number of ether oxygens (including phenoxy) is 1. The second kappa shape index (κ2) is 7.30. The lowest BCUT2D eigenvalue weighted by molar-refractivity contribution is -0.122. The van der Waals surface area contributed by atoms with Gasteiger partial charge in [0, 0.05) is 6.42 Å². The van der Waals surface area contributed by atoms with Crippen LogP contribution in [0.4, 0.5) is 0 Å². The summed E-state index contributed by atoms with van der Waals surface area (Å²) in [6.45, 7) is 6.37. The Bertz CT molecular complexity index is 117. The highest BCUT2D eigenvalue weighted by Crippen LogP contribution is 2.17. The Kier molecular flexibility index (Phi) is 7.23. The molecule has 1 heterocycles. The van der Waals surface area contributed by atoms with Crippen molar-refractivity contribution < 1.29 is 14.9 Å². The molecule has 13 heavy (non-hydrogen) atoms. The minimum absolute atomic E-state index is 0.151. The van der Waals surface area contributed by atoms with Crippen LogP contribution in [0, 0.1) is 0 Å². The van der Waals surface area contributed by atoms with Gasteiger partial charge in [0.25, 0.3) is 0 Å². The van der Waals surface area contributed by atoms with Gasteiger partial charge >= 0.3 is 0 Å². The van der Waals surface area contributed by atoms with Gasteiger partial charge in [0.05, 0.1) is 18.8 Å². The predicted molar refractivity (Wildman–Crippen MR) is 52.6 cm³/mol. The average molecular weight is 190 g/mol. The fraction of sp³-hybridized carbons (Fsp3) is 1.00. The Morgan fingerprint density at radius 1 is 1.23 bits per heavy atom. The van der Waals surface area contributed by atoms with Crippen molar-refractivity contribution in [2.45, 2.75) is 58.3 Å². The summed E-state index contributed by atoms with van der Waals surface area (Å²) >= 11 is 0. The molecular weight excluding hydrogens is 168 g/mol. The van der Waals surface area contributed by atoms with Gasteiger partial charge in [-0.25, -0.2) is 0 Å². The van der Waals surface area contributed by atoms with E-state index in [-0.39, 0.29) is 12.7 Å². The standard InChI is InChI=1S/C8H16O3.C2H6/c1-2-3-6-4-7(9)8(10)5-11-6;1-2/h6-10H,2-5H2,1H3;1-2H3. The summed E-state index contributed by atoms with van der Waals surface area (Å²) in [5.41, 5.74) is 0. The Morgan fingerprint density at radius 2 is 1.85 bits per heavy atom. The molecule has 1 saturated heterocycles. The van der Waals surface area contributed by atoms with Crippen molar-refractivity contribution >= 4 is 0 Å². The Balaban J connectivity index is 0.000000671. The van der Waals surface area contributed by atoms with Crippen LogP contribution in [0.2, 0.25) is 0 Å². The van der Waals surface area contributed by atoms with Crippen LogP contribution in [-0.4, -0.2) is 35.1 Å². The number of rotatable bonds is 2. The van der Waals surface area contributed by atoms with E-state index in [1.807, 2.05) is 13.8 Å². The molecule has 0 amide bonds. The molecule has 0 aromatic heterocycles. The summed E-state index contributed by atoms with van der Waals surface area (Å²) in [5.74, 6) is 0. The zero-order valence-corrected chi connectivity index (χ0v) is 8.86. The van der Waals surface area contributed by atoms with Crippen LogP contribution < -0.4 is 0 Å². The average Bonchev–Trinajstić information content (AvgIpc) is 2.15. The lowest BCUT2D eigenvalue weighted by Crippen LogP contribution is -2.41. The minimum Gasteiger partial charge on any atom is -0.390 e. The molecule has 2 N–H and O–H groups in total. The molecule has 0 aromatic carbocycles. The van der Waals surface area contributed by atoms with Crippen LogP contribution in [0.1, 0.15) is 40.0 Å². The highest BCUT2D eigenvalue weighted by Gasteiger charge is 2.27. The van der Waals surface area contributed by atoms with Crippen molar-refractivity contribution in [1.29, 1.82) is 0 Å². The Labute approximate surface area is 80.7 Å². The highest BCUT2D eigenvalue weighted by molar-refractivity contribution is 4.76. The van der Waals surface area contributed by atoms with Crippen LogP contribution in [0.3, 0.4) is 0 Å². The zero-order chi connectivity index (χ0) is 10.3. The van der Waals surface area contributed by atoms with Crippen LogP contribution in [0.5, 0.6) is 0 Å². The van der Waals surface area contributed by atoms with Gasteiger partial charge < -0.3 is 14.9 Å². The Hall–Kier alpha value is -0.120. The van der Waals surface area contributed by atoms with Gasteiger partial charge in [0.2, 0.25) is 0 Å². The number of aliphatic hydroxyl groups excluding tert-OH is 2. The van der Waals surface area contributed by atoms with E-state index in [0.717, 1.165) is 12.8 Å². The molecule has 1 aliphatic heterocycles. The van der Waals surface area contributed by atoms with Gasteiger partial charge in [0.15, 0.2) is 0 Å². The van der Waals surface area contributed by atoms with Crippen molar-refractivity contribution in [2.24, 2.45) is 0 Å². The molecule has 0 bridgehead atoms. The van der Waals surface area contributed by atoms with Gasteiger partial charge in [-0.2, -0.15) is 0 Å². The molecule has 0 spiro atoms. The van der Waals surface area contributed by atoms with Crippen LogP contribution in [-0.2, 0) is 4.74 Å². The molecular formula is C10H22O3. The molecule has 0 radical (unpaired) electrons. The van der Waals surface area contributed by atoms with E-state index in [2.05, 4.69) is 6.92 Å². The fourth-order valence-electron chi connectivity index (χ4n) is 1.36. The van der Waals surface area contributed by atoms with Crippen molar-refractivity contribution in [3.8, 4) is 0 Å². The fourth-order valence-corrected chi connectivity index (χ4v) is 1.36. The molecule has 1 fully saturated rings. The van der Waals surface area contributed by atoms with Crippen molar-refractivity contribution in [3.63, 3.8) is 0 Å². The monoisotopic (exact) mass is 190 g/mol. The third-order valence-corrected chi connectivity index (χ3v) is 2.06. The molecule has 1 aliphatic rings. The van der Waals surface area contributed by atoms with Crippen LogP contribution in [0.15, 0.2) is 0 Å². The van der Waals surface area contributed by atoms with Gasteiger partial charge in [-0.1, -0.05) is 27.2 Å². The number of hydrogen-bond donors (Lipinski definition) is 2. The maximum absolute atomic E-state index is 9.24. The maximum atomic E-state index is 9.24. The highest BCUT2D eigenvalue weighted by atomic mass is 16.5. The van der Waals surface area contributed by atoms with E-state index in [9.17, 15) is 5.11 Å². The molecule has 3 heteroatoms. The van der Waals surface area contributed by atoms with Gasteiger partial charge in [0.1, 0.15) is 6.10 Å². The van der Waals surface area contributed by atoms with E-state index in [1.165, 1.54) is 0 Å². The van der Waals surface area contributed by atoms with E-state index in [1.54, 1.807) is 0 Å². The molecule has 1 rings (SSSR count). The largest absolute Gasteiger partial charge is 0.390 e. The molecule has 3 nitrogen and oxygen atoms in total. The topological polar surface area (TPSA) is 49.7 Å². The summed E-state index contributed by atoms with van der Waals surface area (Å²) in [4.78, 5) is 0. The summed E-state index contributed by atoms with van der Waals surface area (Å²) in [7, 11) is 0. The number of hydrogen-bond acceptors (Lipinski definition) is 3. The smallest absolute Gasteiger partial charge is 0.103 e. The van der Waals surface area contributed by atoms with Crippen LogP contribution in [0.25, 0.3) is 0 Å². The molecule has 80 valence electrons. The summed E-state index contributed by atoms with van der Waals surface area (Å²) < 4.78 is 5.29. The SMILES string of the molecule is CC.CCCC1CC(O)C(O)CO1. The second-order valence-electron chi connectivity index (χ2n) is 3.11. The molecule has 0 saturated carbocycles. The third-order valence-electron chi connectivity index (χ3n) is 2.06. The first-order valence-corrected chi connectivity index (χ1v) is 5.21. The normalized spacial score (nSPS) is 33.5. The third kappa shape index (κ3) is 4.60. The van der Waals surface area contributed by atoms with E-state index >= 15 is 0 Å². The van der Waals surface area contributed by atoms with Gasteiger partial charge in [-0.3, -0.25) is 0 Å². The van der Waals surface area contributed by atoms with Gasteiger partial charge in [-0.05, 0) is 6.42 Å². The molecule has 3 atom stereocenters. The summed E-state index contributed by atoms with van der Waals surface area (Å²) in [5, 5.41) is 18.3. The predicted octanol–water partition coefficient (Wildman–Crippen LogP) is 1.32.